The molecular weight excluding hydrogens is 811 g/mol. The van der Waals surface area contributed by atoms with E-state index < -0.39 is 5.41 Å². The van der Waals surface area contributed by atoms with Crippen LogP contribution in [0.25, 0.3) is 111 Å². The molecule has 0 bridgehead atoms. The summed E-state index contributed by atoms with van der Waals surface area (Å²) in [5, 5.41) is 7.01. The molecule has 12 aromatic rings. The first-order valence-electron chi connectivity index (χ1n) is 23.0. The summed E-state index contributed by atoms with van der Waals surface area (Å²) in [5.74, 6) is 1.88. The molecule has 0 unspecified atom stereocenters. The van der Waals surface area contributed by atoms with Crippen LogP contribution in [0.5, 0.6) is 0 Å². The molecule has 0 amide bonds. The average Bonchev–Trinajstić information content (AvgIpc) is 3.87. The fourth-order valence-electron chi connectivity index (χ4n) is 11.3. The highest BCUT2D eigenvalue weighted by Gasteiger charge is 2.51. The van der Waals surface area contributed by atoms with Gasteiger partial charge < -0.3 is 0 Å². The lowest BCUT2D eigenvalue weighted by molar-refractivity contribution is 0.794. The van der Waals surface area contributed by atoms with E-state index in [-0.39, 0.29) is 0 Å². The van der Waals surface area contributed by atoms with Crippen LogP contribution in [-0.4, -0.2) is 15.0 Å². The highest BCUT2D eigenvalue weighted by Crippen LogP contribution is 2.63. The Morgan fingerprint density at radius 3 is 1.24 bits per heavy atom. The van der Waals surface area contributed by atoms with Gasteiger partial charge in [-0.25, -0.2) is 15.0 Å². The summed E-state index contributed by atoms with van der Waals surface area (Å²) in [6.45, 7) is 0. The topological polar surface area (TPSA) is 38.7 Å². The predicted molar refractivity (Wildman–Crippen MR) is 276 cm³/mol. The van der Waals surface area contributed by atoms with Gasteiger partial charge in [0.05, 0.1) is 5.41 Å². The largest absolute Gasteiger partial charge is 0.208 e. The number of hydrogen-bond donors (Lipinski definition) is 0. The van der Waals surface area contributed by atoms with Crippen LogP contribution in [0.3, 0.4) is 0 Å². The summed E-state index contributed by atoms with van der Waals surface area (Å²) in [5.41, 5.74) is 17.3. The maximum atomic E-state index is 5.37. The van der Waals surface area contributed by atoms with Gasteiger partial charge in [-0.3, -0.25) is 0 Å². The fourth-order valence-corrected chi connectivity index (χ4v) is 11.3. The van der Waals surface area contributed by atoms with Crippen molar-refractivity contribution in [2.45, 2.75) is 5.41 Å². The molecule has 0 atom stereocenters. The maximum Gasteiger partial charge on any atom is 0.164 e. The lowest BCUT2D eigenvalue weighted by Gasteiger charge is -2.30. The van der Waals surface area contributed by atoms with Gasteiger partial charge in [-0.1, -0.05) is 200 Å². The van der Waals surface area contributed by atoms with Crippen molar-refractivity contribution < 1.29 is 0 Å². The van der Waals surface area contributed by atoms with Crippen LogP contribution in [0, 0.1) is 0 Å². The molecule has 0 N–H and O–H groups in total. The summed E-state index contributed by atoms with van der Waals surface area (Å²) in [6, 6.07) is 86.1. The molecule has 0 saturated carbocycles. The van der Waals surface area contributed by atoms with E-state index in [1.54, 1.807) is 0 Å². The summed E-state index contributed by atoms with van der Waals surface area (Å²) in [4.78, 5) is 16.0. The molecule has 1 aromatic heterocycles. The summed E-state index contributed by atoms with van der Waals surface area (Å²) < 4.78 is 0. The number of rotatable bonds is 5. The smallest absolute Gasteiger partial charge is 0.164 e. The first-order valence-corrected chi connectivity index (χ1v) is 23.0. The zero-order chi connectivity index (χ0) is 44.1. The molecular formula is C64H39N3. The second-order valence-electron chi connectivity index (χ2n) is 17.9. The van der Waals surface area contributed by atoms with Crippen LogP contribution in [0.2, 0.25) is 0 Å². The minimum absolute atomic E-state index is 0.455. The second kappa shape index (κ2) is 14.6. The Hall–Kier alpha value is -8.79. The van der Waals surface area contributed by atoms with E-state index in [4.69, 9.17) is 15.0 Å². The van der Waals surface area contributed by atoms with Crippen molar-refractivity contribution >= 4 is 32.3 Å². The summed E-state index contributed by atoms with van der Waals surface area (Å²) >= 11 is 0. The highest BCUT2D eigenvalue weighted by atomic mass is 15.0. The van der Waals surface area contributed by atoms with Gasteiger partial charge in [-0.05, 0) is 135 Å². The van der Waals surface area contributed by atoms with Crippen molar-refractivity contribution in [1.82, 2.24) is 15.0 Å². The van der Waals surface area contributed by atoms with Crippen molar-refractivity contribution in [3.63, 3.8) is 0 Å². The summed E-state index contributed by atoms with van der Waals surface area (Å²) in [6.07, 6.45) is 0. The van der Waals surface area contributed by atoms with Crippen molar-refractivity contribution in [1.29, 1.82) is 0 Å². The molecule has 0 aliphatic heterocycles. The van der Waals surface area contributed by atoms with E-state index in [9.17, 15) is 0 Å². The van der Waals surface area contributed by atoms with Crippen molar-refractivity contribution in [2.75, 3.05) is 0 Å². The Morgan fingerprint density at radius 2 is 0.642 bits per heavy atom. The first kappa shape index (κ1) is 37.6. The SMILES string of the molecule is c1ccc2c(c1)-c1ccccc1C21c2ccccc2-c2ccc(-c3cc(-c4nc(-c5ccc6ccccc6c5)nc(-c5ccc6ccccc6c5)n4)cc(-c4cccc5ccccc45)c3)cc21. The van der Waals surface area contributed by atoms with Gasteiger partial charge in [0, 0.05) is 16.7 Å². The Labute approximate surface area is 388 Å². The predicted octanol–water partition coefficient (Wildman–Crippen LogP) is 16.0. The number of aromatic nitrogens is 3. The molecule has 2 aliphatic rings. The molecule has 3 nitrogen and oxygen atoms in total. The van der Waals surface area contributed by atoms with Gasteiger partial charge in [-0.15, -0.1) is 0 Å². The van der Waals surface area contributed by atoms with E-state index in [1.165, 1.54) is 66.1 Å². The number of fused-ring (bicyclic) bond motifs is 13. The van der Waals surface area contributed by atoms with E-state index in [1.807, 2.05) is 0 Å². The molecule has 1 heterocycles. The van der Waals surface area contributed by atoms with Crippen LogP contribution in [0.15, 0.2) is 237 Å². The molecule has 11 aromatic carbocycles. The number of nitrogens with zero attached hydrogens (tertiary/aromatic N) is 3. The first-order chi connectivity index (χ1) is 33.2. The number of hydrogen-bond acceptors (Lipinski definition) is 3. The van der Waals surface area contributed by atoms with Gasteiger partial charge in [-0.2, -0.15) is 0 Å². The van der Waals surface area contributed by atoms with Gasteiger partial charge in [0.25, 0.3) is 0 Å². The quantitative estimate of drug-likeness (QED) is 0.173. The van der Waals surface area contributed by atoms with E-state index in [0.717, 1.165) is 49.7 Å². The molecule has 3 heteroatoms. The van der Waals surface area contributed by atoms with Crippen molar-refractivity contribution in [3.05, 3.63) is 259 Å². The third kappa shape index (κ3) is 5.75. The Balaban J connectivity index is 1.02. The van der Waals surface area contributed by atoms with E-state index in [0.29, 0.717) is 17.5 Å². The van der Waals surface area contributed by atoms with Crippen LogP contribution in [-0.2, 0) is 5.41 Å². The molecule has 310 valence electrons. The second-order valence-corrected chi connectivity index (χ2v) is 17.9. The molecule has 14 rings (SSSR count). The third-order valence-electron chi connectivity index (χ3n) is 14.3. The minimum atomic E-state index is -0.455. The van der Waals surface area contributed by atoms with Gasteiger partial charge in [0.15, 0.2) is 17.5 Å². The zero-order valence-electron chi connectivity index (χ0n) is 36.4. The zero-order valence-corrected chi connectivity index (χ0v) is 36.4. The average molecular weight is 850 g/mol. The van der Waals surface area contributed by atoms with Crippen LogP contribution < -0.4 is 0 Å². The normalized spacial score (nSPS) is 12.9. The lowest BCUT2D eigenvalue weighted by atomic mass is 9.70. The monoisotopic (exact) mass is 849 g/mol. The third-order valence-corrected chi connectivity index (χ3v) is 14.3. The van der Waals surface area contributed by atoms with Crippen LogP contribution >= 0.6 is 0 Å². The standard InChI is InChI=1S/C64H39N3/c1-3-17-43-34-46(30-28-40(43)14-1)61-65-62(47-31-29-41-15-2-4-18-44(41)35-47)67-63(66-61)50-37-48(36-49(38-50)52-24-13-19-42-16-5-6-20-51(42)52)45-32-33-56-55-23-9-12-27-59(55)64(60(56)39-45)57-25-10-7-21-53(57)54-22-8-11-26-58(54)64/h1-39H. The molecule has 0 saturated heterocycles. The van der Waals surface area contributed by atoms with Crippen LogP contribution in [0.4, 0.5) is 0 Å². The van der Waals surface area contributed by atoms with Gasteiger partial charge in [0.1, 0.15) is 0 Å². The van der Waals surface area contributed by atoms with Crippen molar-refractivity contribution in [2.24, 2.45) is 0 Å². The van der Waals surface area contributed by atoms with Crippen molar-refractivity contribution in [3.8, 4) is 78.7 Å². The Bertz CT molecular complexity index is 3850. The molecule has 0 radical (unpaired) electrons. The Morgan fingerprint density at radius 1 is 0.224 bits per heavy atom. The number of benzene rings is 11. The fraction of sp³-hybridized carbons (Fsp3) is 0.0156. The summed E-state index contributed by atoms with van der Waals surface area (Å²) in [7, 11) is 0. The molecule has 67 heavy (non-hydrogen) atoms. The van der Waals surface area contributed by atoms with E-state index in [2.05, 4.69) is 237 Å². The van der Waals surface area contributed by atoms with Gasteiger partial charge in [0.2, 0.25) is 0 Å². The van der Waals surface area contributed by atoms with Crippen LogP contribution in [0.1, 0.15) is 22.3 Å². The highest BCUT2D eigenvalue weighted by molar-refractivity contribution is 6.00. The van der Waals surface area contributed by atoms with E-state index >= 15 is 0 Å². The minimum Gasteiger partial charge on any atom is -0.208 e. The maximum absolute atomic E-state index is 5.37. The molecule has 0 fully saturated rings. The molecule has 2 aliphatic carbocycles. The molecule has 1 spiro atoms. The Kier molecular flexibility index (Phi) is 8.20. The lowest BCUT2D eigenvalue weighted by Crippen LogP contribution is -2.25. The van der Waals surface area contributed by atoms with Gasteiger partial charge >= 0.3 is 0 Å².